The average Bonchev–Trinajstić information content (AvgIpc) is 2.68. The summed E-state index contributed by atoms with van der Waals surface area (Å²) in [7, 11) is 1.91. The van der Waals surface area contributed by atoms with E-state index in [1.165, 1.54) is 0 Å². The Balaban J connectivity index is 2.56. The first kappa shape index (κ1) is 16.0. The van der Waals surface area contributed by atoms with E-state index in [9.17, 15) is 4.79 Å². The van der Waals surface area contributed by atoms with E-state index in [-0.39, 0.29) is 12.0 Å². The predicted octanol–water partition coefficient (Wildman–Crippen LogP) is 1.75. The third-order valence-corrected chi connectivity index (χ3v) is 3.75. The highest BCUT2D eigenvalue weighted by Gasteiger charge is 2.19. The van der Waals surface area contributed by atoms with E-state index in [0.29, 0.717) is 12.4 Å². The Kier molecular flexibility index (Phi) is 6.94. The van der Waals surface area contributed by atoms with Crippen molar-refractivity contribution in [1.82, 2.24) is 15.1 Å². The molecule has 0 aromatic carbocycles. The van der Waals surface area contributed by atoms with E-state index in [1.807, 2.05) is 31.6 Å². The SMILES string of the molecule is CCCNC(CSc1cc(C)nn1C)C(=O)OCC. The molecule has 1 aromatic rings. The number of nitrogens with one attached hydrogen (secondary N) is 1. The Hall–Kier alpha value is -1.01. The van der Waals surface area contributed by atoms with Gasteiger partial charge in [0, 0.05) is 12.8 Å². The smallest absolute Gasteiger partial charge is 0.323 e. The monoisotopic (exact) mass is 285 g/mol. The van der Waals surface area contributed by atoms with Crippen LogP contribution >= 0.6 is 11.8 Å². The third kappa shape index (κ3) is 5.24. The van der Waals surface area contributed by atoms with Gasteiger partial charge >= 0.3 is 5.97 Å². The highest BCUT2D eigenvalue weighted by Crippen LogP contribution is 2.19. The average molecular weight is 285 g/mol. The first-order valence-corrected chi connectivity index (χ1v) is 7.60. The van der Waals surface area contributed by atoms with Gasteiger partial charge in [-0.25, -0.2) is 0 Å². The number of rotatable bonds is 8. The number of hydrogen-bond donors (Lipinski definition) is 1. The van der Waals surface area contributed by atoms with Crippen LogP contribution in [0.1, 0.15) is 26.0 Å². The standard InChI is InChI=1S/C13H23N3O2S/c1-5-7-14-11(13(17)18-6-2)9-19-12-8-10(3)15-16(12)4/h8,11,14H,5-7,9H2,1-4H3. The van der Waals surface area contributed by atoms with Gasteiger partial charge in [0.15, 0.2) is 0 Å². The molecule has 0 saturated heterocycles. The van der Waals surface area contributed by atoms with Crippen LogP contribution in [0.3, 0.4) is 0 Å². The van der Waals surface area contributed by atoms with Gasteiger partial charge in [-0.2, -0.15) is 5.10 Å². The maximum absolute atomic E-state index is 11.8. The molecule has 0 aliphatic heterocycles. The fraction of sp³-hybridized carbons (Fsp3) is 0.692. The summed E-state index contributed by atoms with van der Waals surface area (Å²) >= 11 is 1.62. The maximum Gasteiger partial charge on any atom is 0.323 e. The minimum absolute atomic E-state index is 0.178. The van der Waals surface area contributed by atoms with Crippen LogP contribution in [0, 0.1) is 6.92 Å². The Labute approximate surface area is 119 Å². The lowest BCUT2D eigenvalue weighted by molar-refractivity contribution is -0.144. The van der Waals surface area contributed by atoms with Gasteiger partial charge in [-0.1, -0.05) is 6.92 Å². The van der Waals surface area contributed by atoms with Crippen LogP contribution in [-0.2, 0) is 16.6 Å². The number of hydrogen-bond acceptors (Lipinski definition) is 5. The minimum Gasteiger partial charge on any atom is -0.465 e. The van der Waals surface area contributed by atoms with Crippen LogP contribution in [-0.4, -0.2) is 40.7 Å². The highest BCUT2D eigenvalue weighted by atomic mass is 32.2. The molecule has 0 aliphatic carbocycles. The van der Waals surface area contributed by atoms with Gasteiger partial charge in [-0.15, -0.1) is 11.8 Å². The Morgan fingerprint density at radius 2 is 2.32 bits per heavy atom. The van der Waals surface area contributed by atoms with Gasteiger partial charge in [0.25, 0.3) is 0 Å². The molecule has 108 valence electrons. The molecule has 1 N–H and O–H groups in total. The van der Waals surface area contributed by atoms with Gasteiger partial charge in [0.05, 0.1) is 17.3 Å². The second kappa shape index (κ2) is 8.22. The van der Waals surface area contributed by atoms with E-state index in [0.717, 1.165) is 23.7 Å². The van der Waals surface area contributed by atoms with Crippen LogP contribution in [0.25, 0.3) is 0 Å². The van der Waals surface area contributed by atoms with Crippen LogP contribution in [0.15, 0.2) is 11.1 Å². The summed E-state index contributed by atoms with van der Waals surface area (Å²) in [6.07, 6.45) is 0.991. The van der Waals surface area contributed by atoms with Crippen LogP contribution in [0.5, 0.6) is 0 Å². The number of thioether (sulfide) groups is 1. The van der Waals surface area contributed by atoms with Crippen molar-refractivity contribution in [2.75, 3.05) is 18.9 Å². The van der Waals surface area contributed by atoms with Crippen molar-refractivity contribution in [2.45, 2.75) is 38.3 Å². The number of carbonyl (C=O) groups excluding carboxylic acids is 1. The Morgan fingerprint density at radius 1 is 1.58 bits per heavy atom. The van der Waals surface area contributed by atoms with Crippen LogP contribution in [0.4, 0.5) is 0 Å². The summed E-state index contributed by atoms with van der Waals surface area (Å²) in [6.45, 7) is 7.09. The number of nitrogens with zero attached hydrogens (tertiary/aromatic N) is 2. The summed E-state index contributed by atoms with van der Waals surface area (Å²) in [5.41, 5.74) is 0.985. The highest BCUT2D eigenvalue weighted by molar-refractivity contribution is 7.99. The fourth-order valence-corrected chi connectivity index (χ4v) is 2.74. The first-order valence-electron chi connectivity index (χ1n) is 6.61. The molecule has 0 saturated carbocycles. The summed E-state index contributed by atoms with van der Waals surface area (Å²) in [5.74, 6) is 0.472. The zero-order chi connectivity index (χ0) is 14.3. The van der Waals surface area contributed by atoms with Crippen LogP contribution in [0.2, 0.25) is 0 Å². The van der Waals surface area contributed by atoms with E-state index in [4.69, 9.17) is 4.74 Å². The van der Waals surface area contributed by atoms with E-state index in [2.05, 4.69) is 17.3 Å². The zero-order valence-electron chi connectivity index (χ0n) is 12.1. The second-order valence-corrected chi connectivity index (χ2v) is 5.36. The first-order chi connectivity index (χ1) is 9.08. The molecule has 0 aliphatic rings. The zero-order valence-corrected chi connectivity index (χ0v) is 12.9. The molecular formula is C13H23N3O2S. The fourth-order valence-electron chi connectivity index (χ4n) is 1.66. The molecule has 0 amide bonds. The molecule has 1 unspecified atom stereocenters. The third-order valence-electron chi connectivity index (χ3n) is 2.57. The topological polar surface area (TPSA) is 56.2 Å². The summed E-state index contributed by atoms with van der Waals surface area (Å²) in [6, 6.07) is 1.76. The molecule has 1 aromatic heterocycles. The number of aryl methyl sites for hydroxylation is 2. The molecule has 1 atom stereocenters. The molecule has 19 heavy (non-hydrogen) atoms. The van der Waals surface area contributed by atoms with E-state index < -0.39 is 0 Å². The summed E-state index contributed by atoms with van der Waals surface area (Å²) in [5, 5.41) is 8.58. The molecule has 1 heterocycles. The predicted molar refractivity (Wildman–Crippen MR) is 77.4 cm³/mol. The minimum atomic E-state index is -0.264. The Bertz CT molecular complexity index is 407. The van der Waals surface area contributed by atoms with Crippen molar-refractivity contribution in [1.29, 1.82) is 0 Å². The molecule has 0 fully saturated rings. The Morgan fingerprint density at radius 3 is 2.84 bits per heavy atom. The van der Waals surface area contributed by atoms with Gasteiger partial charge in [-0.05, 0) is 32.9 Å². The van der Waals surface area contributed by atoms with Gasteiger partial charge in [0.2, 0.25) is 0 Å². The quantitative estimate of drug-likeness (QED) is 0.582. The van der Waals surface area contributed by atoms with Crippen molar-refractivity contribution in [3.8, 4) is 0 Å². The molecule has 0 spiro atoms. The molecule has 6 heteroatoms. The summed E-state index contributed by atoms with van der Waals surface area (Å²) < 4.78 is 6.92. The normalized spacial score (nSPS) is 12.4. The number of esters is 1. The number of ether oxygens (including phenoxy) is 1. The molecular weight excluding hydrogens is 262 g/mol. The molecule has 0 radical (unpaired) electrons. The molecule has 0 bridgehead atoms. The van der Waals surface area contributed by atoms with Crippen molar-refractivity contribution in [3.63, 3.8) is 0 Å². The lowest BCUT2D eigenvalue weighted by Gasteiger charge is -2.16. The van der Waals surface area contributed by atoms with Crippen LogP contribution < -0.4 is 5.32 Å². The number of aromatic nitrogens is 2. The lowest BCUT2D eigenvalue weighted by atomic mass is 10.3. The van der Waals surface area contributed by atoms with Gasteiger partial charge < -0.3 is 10.1 Å². The molecule has 5 nitrogen and oxygen atoms in total. The number of carbonyl (C=O) groups is 1. The maximum atomic E-state index is 11.8. The largest absolute Gasteiger partial charge is 0.465 e. The van der Waals surface area contributed by atoms with E-state index in [1.54, 1.807) is 11.8 Å². The van der Waals surface area contributed by atoms with E-state index >= 15 is 0 Å². The van der Waals surface area contributed by atoms with Crippen molar-refractivity contribution in [2.24, 2.45) is 7.05 Å². The molecule has 1 rings (SSSR count). The van der Waals surface area contributed by atoms with Crippen molar-refractivity contribution in [3.05, 3.63) is 11.8 Å². The van der Waals surface area contributed by atoms with Crippen molar-refractivity contribution >= 4 is 17.7 Å². The lowest BCUT2D eigenvalue weighted by Crippen LogP contribution is -2.40. The van der Waals surface area contributed by atoms with Crippen molar-refractivity contribution < 1.29 is 9.53 Å². The van der Waals surface area contributed by atoms with Gasteiger partial charge in [0.1, 0.15) is 6.04 Å². The second-order valence-electron chi connectivity index (χ2n) is 4.32. The summed E-state index contributed by atoms with van der Waals surface area (Å²) in [4.78, 5) is 11.8. The van der Waals surface area contributed by atoms with Gasteiger partial charge in [-0.3, -0.25) is 9.48 Å².